The lowest BCUT2D eigenvalue weighted by atomic mass is 10.0. The first-order valence-electron chi connectivity index (χ1n) is 7.87. The molecule has 3 nitrogen and oxygen atoms in total. The summed E-state index contributed by atoms with van der Waals surface area (Å²) in [6, 6.07) is 17.3. The Balaban J connectivity index is 1.82. The molecule has 0 aromatic heterocycles. The summed E-state index contributed by atoms with van der Waals surface area (Å²) in [6.07, 6.45) is 0.819. The van der Waals surface area contributed by atoms with E-state index in [1.807, 2.05) is 37.3 Å². The van der Waals surface area contributed by atoms with Crippen LogP contribution in [0.4, 0.5) is 0 Å². The molecule has 1 aliphatic rings. The third-order valence-corrected chi connectivity index (χ3v) is 7.04. The van der Waals surface area contributed by atoms with Crippen LogP contribution in [0.1, 0.15) is 11.1 Å². The molecule has 1 heterocycles. The molecule has 0 N–H and O–H groups in total. The van der Waals surface area contributed by atoms with Crippen molar-refractivity contribution < 1.29 is 8.42 Å². The molecule has 0 spiro atoms. The van der Waals surface area contributed by atoms with Gasteiger partial charge in [0, 0.05) is 17.5 Å². The second-order valence-corrected chi connectivity index (χ2v) is 8.79. The highest BCUT2D eigenvalue weighted by atomic mass is 127. The fourth-order valence-corrected chi connectivity index (χ4v) is 5.10. The summed E-state index contributed by atoms with van der Waals surface area (Å²) in [5.74, 6) is 0. The smallest absolute Gasteiger partial charge is 0.207 e. The molecule has 1 aliphatic heterocycles. The van der Waals surface area contributed by atoms with E-state index in [-0.39, 0.29) is 0 Å². The zero-order valence-corrected chi connectivity index (χ0v) is 16.5. The molecule has 2 aromatic rings. The molecule has 0 amide bonds. The van der Waals surface area contributed by atoms with Gasteiger partial charge in [0.05, 0.1) is 4.90 Å². The van der Waals surface area contributed by atoms with E-state index in [2.05, 4.69) is 34.7 Å². The van der Waals surface area contributed by atoms with Crippen LogP contribution in [0.3, 0.4) is 0 Å². The summed E-state index contributed by atoms with van der Waals surface area (Å²) in [6.45, 7) is 2.95. The van der Waals surface area contributed by atoms with Crippen molar-refractivity contribution in [3.8, 4) is 0 Å². The van der Waals surface area contributed by atoms with Crippen molar-refractivity contribution in [3.63, 3.8) is 0 Å². The maximum atomic E-state index is 12.9. The molecule has 5 heteroatoms. The van der Waals surface area contributed by atoms with E-state index >= 15 is 0 Å². The van der Waals surface area contributed by atoms with Crippen molar-refractivity contribution in [2.75, 3.05) is 17.5 Å². The third kappa shape index (κ3) is 3.73. The van der Waals surface area contributed by atoms with E-state index in [1.54, 1.807) is 16.4 Å². The monoisotopic (exact) mass is 453 g/mol. The molecule has 3 rings (SSSR count). The Morgan fingerprint density at radius 3 is 2.21 bits per heavy atom. The van der Waals surface area contributed by atoms with Crippen LogP contribution >= 0.6 is 22.6 Å². The van der Waals surface area contributed by atoms with E-state index in [9.17, 15) is 8.42 Å². The highest BCUT2D eigenvalue weighted by molar-refractivity contribution is 14.1. The van der Waals surface area contributed by atoms with Crippen LogP contribution in [0, 0.1) is 6.92 Å². The Morgan fingerprint density at radius 2 is 1.58 bits per heavy atom. The summed E-state index contributed by atoms with van der Waals surface area (Å²) in [4.78, 5) is 0.377. The topological polar surface area (TPSA) is 37.4 Å². The van der Waals surface area contributed by atoms with Crippen LogP contribution in [0.5, 0.6) is 0 Å². The quantitative estimate of drug-likeness (QED) is 0.390. The lowest BCUT2D eigenvalue weighted by Gasteiger charge is -2.17. The van der Waals surface area contributed by atoms with Crippen LogP contribution < -0.4 is 0 Å². The normalized spacial score (nSPS) is 15.9. The van der Waals surface area contributed by atoms with Crippen molar-refractivity contribution in [3.05, 3.63) is 76.9 Å². The average Bonchev–Trinajstić information content (AvgIpc) is 3.00. The number of hydrogen-bond donors (Lipinski definition) is 0. The van der Waals surface area contributed by atoms with Gasteiger partial charge < -0.3 is 0 Å². The van der Waals surface area contributed by atoms with Crippen molar-refractivity contribution in [2.24, 2.45) is 0 Å². The van der Waals surface area contributed by atoms with Gasteiger partial charge in [0.25, 0.3) is 0 Å². The largest absolute Gasteiger partial charge is 0.243 e. The number of benzene rings is 2. The van der Waals surface area contributed by atoms with Crippen LogP contribution in [-0.2, 0) is 16.4 Å². The first kappa shape index (κ1) is 17.6. The minimum Gasteiger partial charge on any atom is -0.207 e. The summed E-state index contributed by atoms with van der Waals surface area (Å²) in [5.41, 5.74) is 4.75. The minimum atomic E-state index is -3.44. The zero-order chi connectivity index (χ0) is 17.2. The van der Waals surface area contributed by atoms with Crippen LogP contribution in [0.25, 0.3) is 0 Å². The Kier molecular flexibility index (Phi) is 5.42. The Morgan fingerprint density at radius 1 is 0.958 bits per heavy atom. The van der Waals surface area contributed by atoms with Gasteiger partial charge in [-0.3, -0.25) is 0 Å². The van der Waals surface area contributed by atoms with Crippen LogP contribution in [0.15, 0.2) is 70.6 Å². The number of nitrogens with zero attached hydrogens (tertiary/aromatic N) is 1. The number of alkyl halides is 1. The number of sulfonamides is 1. The predicted molar refractivity (Wildman–Crippen MR) is 106 cm³/mol. The number of hydrogen-bond acceptors (Lipinski definition) is 2. The maximum absolute atomic E-state index is 12.9. The molecule has 126 valence electrons. The molecular weight excluding hydrogens is 433 g/mol. The zero-order valence-electron chi connectivity index (χ0n) is 13.6. The molecule has 0 radical (unpaired) electrons. The highest BCUT2D eigenvalue weighted by Crippen LogP contribution is 2.28. The van der Waals surface area contributed by atoms with E-state index in [0.29, 0.717) is 18.0 Å². The minimum absolute atomic E-state index is 0.377. The van der Waals surface area contributed by atoms with Gasteiger partial charge in [-0.25, -0.2) is 8.42 Å². The summed E-state index contributed by atoms with van der Waals surface area (Å²) in [5, 5.41) is 0. The lowest BCUT2D eigenvalue weighted by Crippen LogP contribution is -2.30. The van der Waals surface area contributed by atoms with E-state index in [1.165, 1.54) is 16.7 Å². The maximum Gasteiger partial charge on any atom is 0.243 e. The van der Waals surface area contributed by atoms with Gasteiger partial charge >= 0.3 is 0 Å². The first-order valence-corrected chi connectivity index (χ1v) is 10.8. The van der Waals surface area contributed by atoms with Crippen LogP contribution in [0.2, 0.25) is 0 Å². The van der Waals surface area contributed by atoms with Crippen molar-refractivity contribution in [2.45, 2.75) is 18.2 Å². The van der Waals surface area contributed by atoms with Gasteiger partial charge in [-0.2, -0.15) is 4.31 Å². The van der Waals surface area contributed by atoms with Gasteiger partial charge in [0.2, 0.25) is 10.0 Å². The molecule has 2 aromatic carbocycles. The number of halogens is 1. The van der Waals surface area contributed by atoms with Crippen molar-refractivity contribution >= 4 is 32.6 Å². The molecule has 0 atom stereocenters. The van der Waals surface area contributed by atoms with Crippen molar-refractivity contribution in [1.82, 2.24) is 4.31 Å². The molecule has 0 fully saturated rings. The Labute approximate surface area is 157 Å². The Bertz CT molecular complexity index is 843. The molecule has 0 saturated heterocycles. The molecule has 0 saturated carbocycles. The molecule has 0 aliphatic carbocycles. The fourth-order valence-electron chi connectivity index (χ4n) is 2.89. The standard InChI is InChI=1S/C19H20INO2S/c1-15-7-9-19(10-8-15)24(22,23)21-13-17(18(12-20)14-21)11-16-5-3-2-4-6-16/h2-10H,11-14H2,1H3. The van der Waals surface area contributed by atoms with Gasteiger partial charge in [0.1, 0.15) is 0 Å². The van der Waals surface area contributed by atoms with Gasteiger partial charge in [-0.15, -0.1) is 0 Å². The van der Waals surface area contributed by atoms with Gasteiger partial charge in [-0.1, -0.05) is 70.6 Å². The van der Waals surface area contributed by atoms with E-state index < -0.39 is 10.0 Å². The van der Waals surface area contributed by atoms with Gasteiger partial charge in [0.15, 0.2) is 0 Å². The third-order valence-electron chi connectivity index (χ3n) is 4.31. The lowest BCUT2D eigenvalue weighted by molar-refractivity contribution is 0.480. The summed E-state index contributed by atoms with van der Waals surface area (Å²) in [7, 11) is -3.44. The Hall–Kier alpha value is -1.18. The fraction of sp³-hybridized carbons (Fsp3) is 0.263. The SMILES string of the molecule is Cc1ccc(S(=O)(=O)N2CC(CI)=C(Cc3ccccc3)C2)cc1. The number of rotatable bonds is 5. The van der Waals surface area contributed by atoms with E-state index in [0.717, 1.165) is 16.4 Å². The predicted octanol–water partition coefficient (Wildman–Crippen LogP) is 3.97. The van der Waals surface area contributed by atoms with Crippen molar-refractivity contribution in [1.29, 1.82) is 0 Å². The second kappa shape index (κ2) is 7.37. The summed E-state index contributed by atoms with van der Waals surface area (Å²) < 4.78 is 28.3. The summed E-state index contributed by atoms with van der Waals surface area (Å²) >= 11 is 2.33. The number of aryl methyl sites for hydroxylation is 1. The highest BCUT2D eigenvalue weighted by Gasteiger charge is 2.31. The van der Waals surface area contributed by atoms with Crippen LogP contribution in [-0.4, -0.2) is 30.2 Å². The van der Waals surface area contributed by atoms with Gasteiger partial charge in [-0.05, 0) is 42.2 Å². The molecule has 0 unspecified atom stereocenters. The molecule has 24 heavy (non-hydrogen) atoms. The first-order chi connectivity index (χ1) is 11.5. The molecule has 0 bridgehead atoms. The average molecular weight is 453 g/mol. The molecular formula is C19H20INO2S. The van der Waals surface area contributed by atoms with E-state index in [4.69, 9.17) is 0 Å². The second-order valence-electron chi connectivity index (χ2n) is 6.09.